The van der Waals surface area contributed by atoms with Crippen molar-refractivity contribution in [1.82, 2.24) is 4.90 Å². The summed E-state index contributed by atoms with van der Waals surface area (Å²) in [6.07, 6.45) is 1.25. The van der Waals surface area contributed by atoms with Crippen LogP contribution in [-0.2, 0) is 9.47 Å². The van der Waals surface area contributed by atoms with E-state index in [0.717, 1.165) is 0 Å². The first-order valence-electron chi connectivity index (χ1n) is 9.10. The number of likely N-dealkylation sites (tertiary alicyclic amines) is 1. The first-order valence-corrected chi connectivity index (χ1v) is 9.10. The normalized spacial score (nSPS) is 33.9. The van der Waals surface area contributed by atoms with Gasteiger partial charge in [0.05, 0.1) is 31.5 Å². The van der Waals surface area contributed by atoms with E-state index in [9.17, 15) is 15.0 Å². The number of amides is 1. The van der Waals surface area contributed by atoms with Crippen molar-refractivity contribution < 1.29 is 29.2 Å². The number of phenolic OH excluding ortho intramolecular Hbond substituents is 1. The maximum Gasteiger partial charge on any atom is 0.257 e. The van der Waals surface area contributed by atoms with Gasteiger partial charge in [-0.25, -0.2) is 0 Å². The minimum atomic E-state index is -0.859. The van der Waals surface area contributed by atoms with Crippen LogP contribution in [0.3, 0.4) is 0 Å². The highest BCUT2D eigenvalue weighted by atomic mass is 16.5. The molecule has 26 heavy (non-hydrogen) atoms. The number of benzene rings is 1. The van der Waals surface area contributed by atoms with Gasteiger partial charge in [0.1, 0.15) is 11.5 Å². The van der Waals surface area contributed by atoms with Crippen molar-refractivity contribution in [3.63, 3.8) is 0 Å². The van der Waals surface area contributed by atoms with Gasteiger partial charge in [0.25, 0.3) is 5.91 Å². The minimum absolute atomic E-state index is 0.0984. The highest BCUT2D eigenvalue weighted by Gasteiger charge is 2.56. The van der Waals surface area contributed by atoms with Crippen molar-refractivity contribution in [2.24, 2.45) is 11.8 Å². The van der Waals surface area contributed by atoms with Crippen LogP contribution in [0.15, 0.2) is 18.2 Å². The molecule has 0 aliphatic carbocycles. The van der Waals surface area contributed by atoms with E-state index < -0.39 is 5.60 Å². The summed E-state index contributed by atoms with van der Waals surface area (Å²) in [6.45, 7) is 2.39. The number of nitrogens with zero attached hydrogens (tertiary/aromatic N) is 1. The van der Waals surface area contributed by atoms with Crippen LogP contribution in [0.1, 0.15) is 23.2 Å². The Bertz CT molecular complexity index is 695. The van der Waals surface area contributed by atoms with Crippen LogP contribution < -0.4 is 4.74 Å². The standard InChI is InChI=1S/C19H25NO6/c1-24-13-2-3-14(17(21)8-13)18(22)20-9-12-10-26-7-5-19(12,23)15-11-25-6-4-16(15)20/h2-3,8,12,15-16,21,23H,4-7,9-11H2,1H3/t12-,15+,16-,19-/m0/s1. The molecule has 0 aromatic heterocycles. The number of phenols is 1. The molecule has 2 N–H and O–H groups in total. The van der Waals surface area contributed by atoms with Crippen molar-refractivity contribution in [3.8, 4) is 11.5 Å². The number of methoxy groups -OCH3 is 1. The third-order valence-corrected chi connectivity index (χ3v) is 6.15. The zero-order valence-electron chi connectivity index (χ0n) is 14.9. The molecule has 1 amide bonds. The number of aromatic hydroxyl groups is 1. The number of piperidine rings is 1. The van der Waals surface area contributed by atoms with Gasteiger partial charge in [0.2, 0.25) is 0 Å². The first kappa shape index (κ1) is 17.6. The molecule has 0 spiro atoms. The third-order valence-electron chi connectivity index (χ3n) is 6.15. The quantitative estimate of drug-likeness (QED) is 0.816. The van der Waals surface area contributed by atoms with Crippen LogP contribution in [0.25, 0.3) is 0 Å². The van der Waals surface area contributed by atoms with E-state index in [-0.39, 0.29) is 35.1 Å². The first-order chi connectivity index (χ1) is 12.5. The van der Waals surface area contributed by atoms with E-state index in [4.69, 9.17) is 14.2 Å². The SMILES string of the molecule is COc1ccc(C(=O)N2C[C@H]3COCC[C@@]3(O)[C@@H]3COCC[C@@H]32)c(O)c1. The maximum absolute atomic E-state index is 13.2. The predicted molar refractivity (Wildman–Crippen MR) is 92.3 cm³/mol. The summed E-state index contributed by atoms with van der Waals surface area (Å²) in [5.41, 5.74) is -0.611. The molecule has 0 bridgehead atoms. The Hall–Kier alpha value is -1.83. The molecule has 7 nitrogen and oxygen atoms in total. The Morgan fingerprint density at radius 1 is 1.31 bits per heavy atom. The molecule has 3 fully saturated rings. The fourth-order valence-electron chi connectivity index (χ4n) is 4.67. The largest absolute Gasteiger partial charge is 0.507 e. The van der Waals surface area contributed by atoms with Gasteiger partial charge in [-0.05, 0) is 18.6 Å². The third kappa shape index (κ3) is 2.74. The summed E-state index contributed by atoms with van der Waals surface area (Å²) in [7, 11) is 1.51. The van der Waals surface area contributed by atoms with Crippen molar-refractivity contribution >= 4 is 5.91 Å². The molecule has 7 heteroatoms. The number of fused-ring (bicyclic) bond motifs is 3. The molecule has 3 saturated heterocycles. The molecule has 3 aliphatic rings. The molecule has 4 rings (SSSR count). The lowest BCUT2D eigenvalue weighted by molar-refractivity contribution is -0.212. The molecule has 1 aromatic rings. The van der Waals surface area contributed by atoms with Crippen LogP contribution in [0.2, 0.25) is 0 Å². The average molecular weight is 363 g/mol. The van der Waals surface area contributed by atoms with Crippen LogP contribution in [0.4, 0.5) is 0 Å². The lowest BCUT2D eigenvalue weighted by atomic mass is 9.66. The molecule has 4 atom stereocenters. The predicted octanol–water partition coefficient (Wildman–Crippen LogP) is 1.03. The number of carbonyl (C=O) groups excluding carboxylic acids is 1. The van der Waals surface area contributed by atoms with E-state index >= 15 is 0 Å². The molecule has 3 aliphatic heterocycles. The van der Waals surface area contributed by atoms with Gasteiger partial charge in [0.15, 0.2) is 0 Å². The summed E-state index contributed by atoms with van der Waals surface area (Å²) in [4.78, 5) is 15.0. The fraction of sp³-hybridized carbons (Fsp3) is 0.632. The van der Waals surface area contributed by atoms with Gasteiger partial charge >= 0.3 is 0 Å². The highest BCUT2D eigenvalue weighted by Crippen LogP contribution is 2.45. The van der Waals surface area contributed by atoms with Gasteiger partial charge in [0, 0.05) is 50.1 Å². The molecule has 1 aromatic carbocycles. The van der Waals surface area contributed by atoms with E-state index in [1.807, 2.05) is 0 Å². The van der Waals surface area contributed by atoms with Gasteiger partial charge < -0.3 is 29.3 Å². The maximum atomic E-state index is 13.2. The van der Waals surface area contributed by atoms with Gasteiger partial charge in [-0.2, -0.15) is 0 Å². The van der Waals surface area contributed by atoms with E-state index in [1.165, 1.54) is 13.2 Å². The number of hydrogen-bond acceptors (Lipinski definition) is 6. The molecular weight excluding hydrogens is 338 g/mol. The molecule has 0 saturated carbocycles. The van der Waals surface area contributed by atoms with Crippen LogP contribution in [0.5, 0.6) is 11.5 Å². The Morgan fingerprint density at radius 3 is 2.88 bits per heavy atom. The second kappa shape index (κ2) is 6.72. The Labute approximate surface area is 152 Å². The number of hydrogen-bond donors (Lipinski definition) is 2. The zero-order chi connectivity index (χ0) is 18.3. The second-order valence-electron chi connectivity index (χ2n) is 7.39. The number of aliphatic hydroxyl groups is 1. The van der Waals surface area contributed by atoms with Crippen LogP contribution in [0, 0.1) is 11.8 Å². The molecule has 3 heterocycles. The summed E-state index contributed by atoms with van der Waals surface area (Å²) in [5.74, 6) is -0.114. The van der Waals surface area contributed by atoms with Gasteiger partial charge in [-0.3, -0.25) is 4.79 Å². The van der Waals surface area contributed by atoms with Gasteiger partial charge in [-0.15, -0.1) is 0 Å². The lowest BCUT2D eigenvalue weighted by Gasteiger charge is -2.57. The Balaban J connectivity index is 1.66. The lowest BCUT2D eigenvalue weighted by Crippen LogP contribution is -2.68. The van der Waals surface area contributed by atoms with E-state index in [1.54, 1.807) is 17.0 Å². The summed E-state index contributed by atoms with van der Waals surface area (Å²) < 4.78 is 16.3. The zero-order valence-corrected chi connectivity index (χ0v) is 14.9. The van der Waals surface area contributed by atoms with Crippen LogP contribution >= 0.6 is 0 Å². The van der Waals surface area contributed by atoms with E-state index in [0.29, 0.717) is 51.6 Å². The monoisotopic (exact) mass is 363 g/mol. The van der Waals surface area contributed by atoms with Crippen molar-refractivity contribution in [1.29, 1.82) is 0 Å². The summed E-state index contributed by atoms with van der Waals surface area (Å²) >= 11 is 0. The number of carbonyl (C=O) groups is 1. The number of ether oxygens (including phenoxy) is 3. The molecule has 0 radical (unpaired) electrons. The molecular formula is C19H25NO6. The summed E-state index contributed by atoms with van der Waals surface area (Å²) in [5, 5.41) is 21.6. The van der Waals surface area contributed by atoms with Gasteiger partial charge in [-0.1, -0.05) is 0 Å². The van der Waals surface area contributed by atoms with Crippen molar-refractivity contribution in [2.75, 3.05) is 40.1 Å². The average Bonchev–Trinajstić information content (AvgIpc) is 2.67. The summed E-state index contributed by atoms with van der Waals surface area (Å²) in [6, 6.07) is 4.59. The Kier molecular flexibility index (Phi) is 4.54. The Morgan fingerprint density at radius 2 is 2.12 bits per heavy atom. The fourth-order valence-corrected chi connectivity index (χ4v) is 4.67. The minimum Gasteiger partial charge on any atom is -0.507 e. The molecule has 142 valence electrons. The second-order valence-corrected chi connectivity index (χ2v) is 7.39. The number of rotatable bonds is 2. The molecule has 0 unspecified atom stereocenters. The van der Waals surface area contributed by atoms with Crippen molar-refractivity contribution in [2.45, 2.75) is 24.5 Å². The highest BCUT2D eigenvalue weighted by molar-refractivity contribution is 5.97. The van der Waals surface area contributed by atoms with Crippen molar-refractivity contribution in [3.05, 3.63) is 23.8 Å². The topological polar surface area (TPSA) is 88.5 Å². The van der Waals surface area contributed by atoms with Crippen LogP contribution in [-0.4, -0.2) is 72.7 Å². The smallest absolute Gasteiger partial charge is 0.257 e. The van der Waals surface area contributed by atoms with E-state index in [2.05, 4.69) is 0 Å².